The van der Waals surface area contributed by atoms with Gasteiger partial charge in [0.25, 0.3) is 5.91 Å². The monoisotopic (exact) mass is 334 g/mol. The van der Waals surface area contributed by atoms with E-state index in [-0.39, 0.29) is 5.91 Å². The molecule has 0 spiro atoms. The maximum absolute atomic E-state index is 13.0. The topological polar surface area (TPSA) is 80.2 Å². The number of benzene rings is 1. The van der Waals surface area contributed by atoms with Crippen molar-refractivity contribution in [2.24, 2.45) is 16.9 Å². The van der Waals surface area contributed by atoms with Crippen LogP contribution in [0.4, 0.5) is 5.69 Å². The SMILES string of the molecule is CC1=NN(c2ccccc2)C(=O)[C@H]1[C@@H](c1cccs1)C(C#N)C#N. The Morgan fingerprint density at radius 1 is 1.17 bits per heavy atom. The quantitative estimate of drug-likeness (QED) is 0.857. The van der Waals surface area contributed by atoms with Crippen LogP contribution in [0, 0.1) is 34.5 Å². The molecule has 0 radical (unpaired) electrons. The van der Waals surface area contributed by atoms with Crippen molar-refractivity contribution in [3.8, 4) is 12.1 Å². The van der Waals surface area contributed by atoms with Crippen molar-refractivity contribution >= 4 is 28.6 Å². The van der Waals surface area contributed by atoms with E-state index in [0.29, 0.717) is 11.4 Å². The van der Waals surface area contributed by atoms with Gasteiger partial charge in [-0.05, 0) is 30.5 Å². The lowest BCUT2D eigenvalue weighted by atomic mass is 9.79. The third-order valence-electron chi connectivity index (χ3n) is 4.05. The molecule has 0 bridgehead atoms. The van der Waals surface area contributed by atoms with Crippen LogP contribution in [0.25, 0.3) is 0 Å². The summed E-state index contributed by atoms with van der Waals surface area (Å²) in [5.41, 5.74) is 1.30. The number of carbonyl (C=O) groups excluding carboxylic acids is 1. The first-order valence-corrected chi connectivity index (χ1v) is 8.32. The van der Waals surface area contributed by atoms with Crippen LogP contribution in [0.3, 0.4) is 0 Å². The van der Waals surface area contributed by atoms with Crippen LogP contribution in [0.2, 0.25) is 0 Å². The van der Waals surface area contributed by atoms with Crippen LogP contribution < -0.4 is 5.01 Å². The molecule has 1 aliphatic rings. The van der Waals surface area contributed by atoms with E-state index in [9.17, 15) is 15.3 Å². The first-order valence-electron chi connectivity index (χ1n) is 7.44. The fourth-order valence-electron chi connectivity index (χ4n) is 2.94. The Hall–Kier alpha value is -2.96. The molecule has 0 fully saturated rings. The number of anilines is 1. The number of para-hydroxylation sites is 1. The minimum atomic E-state index is -0.904. The van der Waals surface area contributed by atoms with Gasteiger partial charge in [-0.1, -0.05) is 24.3 Å². The Morgan fingerprint density at radius 3 is 2.46 bits per heavy atom. The van der Waals surface area contributed by atoms with Gasteiger partial charge >= 0.3 is 0 Å². The van der Waals surface area contributed by atoms with Gasteiger partial charge in [0.1, 0.15) is 5.92 Å². The summed E-state index contributed by atoms with van der Waals surface area (Å²) in [4.78, 5) is 13.8. The molecule has 2 heterocycles. The van der Waals surface area contributed by atoms with Gasteiger partial charge in [0, 0.05) is 16.5 Å². The number of carbonyl (C=O) groups is 1. The van der Waals surface area contributed by atoms with Gasteiger partial charge in [0.15, 0.2) is 0 Å². The molecule has 2 atom stereocenters. The van der Waals surface area contributed by atoms with Crippen molar-refractivity contribution in [2.45, 2.75) is 12.8 Å². The van der Waals surface area contributed by atoms with Crippen molar-refractivity contribution in [3.63, 3.8) is 0 Å². The smallest absolute Gasteiger partial charge is 0.256 e. The Kier molecular flexibility index (Phi) is 4.41. The molecular formula is C18H14N4OS. The molecule has 1 aliphatic heterocycles. The summed E-state index contributed by atoms with van der Waals surface area (Å²) in [7, 11) is 0. The summed E-state index contributed by atoms with van der Waals surface area (Å²) in [6.45, 7) is 1.78. The highest BCUT2D eigenvalue weighted by atomic mass is 32.1. The van der Waals surface area contributed by atoms with Crippen LogP contribution in [0.1, 0.15) is 17.7 Å². The average molecular weight is 334 g/mol. The molecule has 0 unspecified atom stereocenters. The number of amides is 1. The lowest BCUT2D eigenvalue weighted by molar-refractivity contribution is -0.120. The van der Waals surface area contributed by atoms with E-state index < -0.39 is 17.8 Å². The predicted molar refractivity (Wildman–Crippen MR) is 92.3 cm³/mol. The molecule has 5 nitrogen and oxygen atoms in total. The van der Waals surface area contributed by atoms with Crippen molar-refractivity contribution in [1.29, 1.82) is 10.5 Å². The highest BCUT2D eigenvalue weighted by Gasteiger charge is 2.44. The maximum Gasteiger partial charge on any atom is 0.256 e. The van der Waals surface area contributed by atoms with E-state index >= 15 is 0 Å². The number of hydrogen-bond acceptors (Lipinski definition) is 5. The van der Waals surface area contributed by atoms with Gasteiger partial charge in [0.2, 0.25) is 0 Å². The maximum atomic E-state index is 13.0. The number of rotatable bonds is 4. The minimum absolute atomic E-state index is 0.201. The van der Waals surface area contributed by atoms with Crippen molar-refractivity contribution < 1.29 is 4.79 Å². The fourth-order valence-corrected chi connectivity index (χ4v) is 3.84. The van der Waals surface area contributed by atoms with Crippen molar-refractivity contribution in [1.82, 2.24) is 0 Å². The third-order valence-corrected chi connectivity index (χ3v) is 5.03. The fraction of sp³-hybridized carbons (Fsp3) is 0.222. The second-order valence-electron chi connectivity index (χ2n) is 5.48. The van der Waals surface area contributed by atoms with E-state index in [1.807, 2.05) is 60.0 Å². The van der Waals surface area contributed by atoms with E-state index in [1.54, 1.807) is 6.92 Å². The summed E-state index contributed by atoms with van der Waals surface area (Å²) < 4.78 is 0. The summed E-state index contributed by atoms with van der Waals surface area (Å²) >= 11 is 1.45. The zero-order valence-corrected chi connectivity index (χ0v) is 13.8. The molecule has 24 heavy (non-hydrogen) atoms. The third kappa shape index (κ3) is 2.68. The van der Waals surface area contributed by atoms with Crippen LogP contribution in [0.5, 0.6) is 0 Å². The summed E-state index contributed by atoms with van der Waals surface area (Å²) in [5.74, 6) is -2.22. The van der Waals surface area contributed by atoms with Gasteiger partial charge in [-0.25, -0.2) is 5.01 Å². The lowest BCUT2D eigenvalue weighted by Crippen LogP contribution is -2.33. The lowest BCUT2D eigenvalue weighted by Gasteiger charge is -2.23. The highest BCUT2D eigenvalue weighted by Crippen LogP contribution is 2.40. The Bertz CT molecular complexity index is 831. The first-order chi connectivity index (χ1) is 11.7. The van der Waals surface area contributed by atoms with Crippen LogP contribution >= 0.6 is 11.3 Å². The minimum Gasteiger partial charge on any atom is -0.272 e. The molecule has 2 aromatic rings. The molecule has 0 N–H and O–H groups in total. The Balaban J connectivity index is 2.01. The molecule has 3 rings (SSSR count). The number of hydrogen-bond donors (Lipinski definition) is 0. The van der Waals surface area contributed by atoms with Crippen LogP contribution in [-0.4, -0.2) is 11.6 Å². The van der Waals surface area contributed by atoms with Gasteiger partial charge in [-0.15, -0.1) is 11.3 Å². The molecule has 0 saturated carbocycles. The van der Waals surface area contributed by atoms with Gasteiger partial charge in [0.05, 0.1) is 23.7 Å². The normalized spacial score (nSPS) is 18.2. The zero-order chi connectivity index (χ0) is 17.1. The van der Waals surface area contributed by atoms with E-state index in [4.69, 9.17) is 0 Å². The van der Waals surface area contributed by atoms with E-state index in [0.717, 1.165) is 4.88 Å². The second kappa shape index (κ2) is 6.66. The standard InChI is InChI=1S/C18H14N4OS/c1-12-16(17(13(10-19)11-20)15-8-5-9-24-15)18(23)22(21-12)14-6-3-2-4-7-14/h2-9,13,16-17H,1H3/t16-,17-/m1/s1. The molecule has 1 aromatic heterocycles. The Labute approximate surface area is 144 Å². The average Bonchev–Trinajstić information content (AvgIpc) is 3.23. The zero-order valence-electron chi connectivity index (χ0n) is 13.0. The summed E-state index contributed by atoms with van der Waals surface area (Å²) in [6.07, 6.45) is 0. The molecular weight excluding hydrogens is 320 g/mol. The largest absolute Gasteiger partial charge is 0.272 e. The molecule has 1 amide bonds. The number of thiophene rings is 1. The molecule has 118 valence electrons. The molecule has 0 aliphatic carbocycles. The van der Waals surface area contributed by atoms with Crippen LogP contribution in [-0.2, 0) is 4.79 Å². The predicted octanol–water partition coefficient (Wildman–Crippen LogP) is 3.53. The van der Waals surface area contributed by atoms with Crippen LogP contribution in [0.15, 0.2) is 52.9 Å². The number of nitriles is 2. The number of hydrazone groups is 1. The first kappa shape index (κ1) is 15.9. The second-order valence-corrected chi connectivity index (χ2v) is 6.46. The Morgan fingerprint density at radius 2 is 1.88 bits per heavy atom. The molecule has 6 heteroatoms. The van der Waals surface area contributed by atoms with E-state index in [1.165, 1.54) is 16.3 Å². The van der Waals surface area contributed by atoms with Crippen molar-refractivity contribution in [3.05, 3.63) is 52.7 Å². The van der Waals surface area contributed by atoms with E-state index in [2.05, 4.69) is 5.10 Å². The summed E-state index contributed by atoms with van der Waals surface area (Å²) in [6, 6.07) is 17.0. The molecule has 1 aromatic carbocycles. The number of nitrogens with zero attached hydrogens (tertiary/aromatic N) is 4. The van der Waals surface area contributed by atoms with Crippen molar-refractivity contribution in [2.75, 3.05) is 5.01 Å². The summed E-state index contributed by atoms with van der Waals surface area (Å²) in [5, 5.41) is 26.4. The highest BCUT2D eigenvalue weighted by molar-refractivity contribution is 7.10. The van der Waals surface area contributed by atoms with Gasteiger partial charge in [-0.3, -0.25) is 4.79 Å². The van der Waals surface area contributed by atoms with Gasteiger partial charge in [-0.2, -0.15) is 15.6 Å². The molecule has 0 saturated heterocycles. The van der Waals surface area contributed by atoms with Gasteiger partial charge < -0.3 is 0 Å².